The Morgan fingerprint density at radius 2 is 0.800 bits per heavy atom. The molecule has 3 rings (SSSR count). The summed E-state index contributed by atoms with van der Waals surface area (Å²) in [4.78, 5) is 12.8. The Balaban J connectivity index is 1.72. The van der Waals surface area contributed by atoms with Gasteiger partial charge in [0, 0.05) is 18.1 Å². The van der Waals surface area contributed by atoms with Gasteiger partial charge in [-0.1, -0.05) is 71.6 Å². The number of hydrogen-bond acceptors (Lipinski definition) is 3. The highest BCUT2D eigenvalue weighted by molar-refractivity contribution is 6.74. The van der Waals surface area contributed by atoms with E-state index >= 15 is 0 Å². The van der Waals surface area contributed by atoms with Crippen molar-refractivity contribution in [3.63, 3.8) is 0 Å². The Kier molecular flexibility index (Phi) is 7.83. The van der Waals surface area contributed by atoms with Crippen LogP contribution in [0.15, 0.2) is 0 Å². The molecule has 3 saturated carbocycles. The second kappa shape index (κ2) is 9.87. The Morgan fingerprint density at radius 1 is 0.520 bits per heavy atom. The molecule has 0 saturated heterocycles. The molecule has 146 valence electrons. The molecular weight excluding hydrogens is 322 g/mol. The van der Waals surface area contributed by atoms with Crippen LogP contribution in [0.25, 0.3) is 0 Å². The summed E-state index contributed by atoms with van der Waals surface area (Å²) in [5.41, 5.74) is 0.693. The van der Waals surface area contributed by atoms with Crippen LogP contribution in [0.2, 0.25) is 5.54 Å². The number of rotatable bonds is 7. The Morgan fingerprint density at radius 3 is 1.04 bits per heavy atom. The molecule has 0 aromatic rings. The van der Waals surface area contributed by atoms with Crippen molar-refractivity contribution in [1.82, 2.24) is 14.9 Å². The molecule has 3 fully saturated rings. The van der Waals surface area contributed by atoms with E-state index in [0.717, 1.165) is 18.1 Å². The van der Waals surface area contributed by atoms with Gasteiger partial charge in [0.15, 0.2) is 0 Å². The largest absolute Gasteiger partial charge is 0.310 e. The minimum absolute atomic E-state index is 0.693. The molecule has 0 aromatic carbocycles. The van der Waals surface area contributed by atoms with Gasteiger partial charge in [-0.3, -0.25) is 0 Å². The van der Waals surface area contributed by atoms with Crippen molar-refractivity contribution >= 4 is 8.56 Å². The summed E-state index contributed by atoms with van der Waals surface area (Å²) in [6.07, 6.45) is 21.2. The van der Waals surface area contributed by atoms with E-state index < -0.39 is 8.56 Å². The van der Waals surface area contributed by atoms with Crippen LogP contribution in [0.3, 0.4) is 0 Å². The topological polar surface area (TPSA) is 36.1 Å². The molecule has 3 aliphatic rings. The Bertz CT molecular complexity index is 319. The molecular formula is C21H43N3Si. The van der Waals surface area contributed by atoms with Gasteiger partial charge in [-0.15, -0.1) is 0 Å². The van der Waals surface area contributed by atoms with Crippen molar-refractivity contribution in [3.05, 3.63) is 0 Å². The van der Waals surface area contributed by atoms with Crippen molar-refractivity contribution in [3.8, 4) is 0 Å². The number of nitrogens with one attached hydrogen (secondary N) is 3. The van der Waals surface area contributed by atoms with Gasteiger partial charge in [0.1, 0.15) is 0 Å². The normalized spacial score (nSPS) is 25.6. The molecule has 0 radical (unpaired) electrons. The molecule has 0 aromatic heterocycles. The van der Waals surface area contributed by atoms with Crippen molar-refractivity contribution in [2.75, 3.05) is 0 Å². The molecule has 25 heavy (non-hydrogen) atoms. The third kappa shape index (κ3) is 5.79. The second-order valence-corrected chi connectivity index (χ2v) is 13.0. The molecule has 0 bridgehead atoms. The van der Waals surface area contributed by atoms with Gasteiger partial charge in [0.05, 0.1) is 0 Å². The predicted octanol–water partition coefficient (Wildman–Crippen LogP) is 5.10. The molecule has 3 aliphatic carbocycles. The van der Waals surface area contributed by atoms with Crippen LogP contribution in [-0.2, 0) is 0 Å². The smallest absolute Gasteiger partial charge is 0.284 e. The van der Waals surface area contributed by atoms with Gasteiger partial charge < -0.3 is 14.9 Å². The quantitative estimate of drug-likeness (QED) is 0.549. The minimum Gasteiger partial charge on any atom is -0.310 e. The van der Waals surface area contributed by atoms with Crippen molar-refractivity contribution in [2.24, 2.45) is 0 Å². The fraction of sp³-hybridized carbons (Fsp3) is 1.00. The molecule has 0 amide bonds. The van der Waals surface area contributed by atoms with Crippen LogP contribution in [0, 0.1) is 0 Å². The maximum atomic E-state index is 4.28. The fourth-order valence-corrected chi connectivity index (χ4v) is 9.38. The van der Waals surface area contributed by atoms with E-state index in [-0.39, 0.29) is 0 Å². The predicted molar refractivity (Wildman–Crippen MR) is 111 cm³/mol. The van der Waals surface area contributed by atoms with Crippen LogP contribution in [-0.4, -0.2) is 26.7 Å². The third-order valence-corrected chi connectivity index (χ3v) is 11.3. The lowest BCUT2D eigenvalue weighted by molar-refractivity contribution is 0.361. The van der Waals surface area contributed by atoms with E-state index in [1.807, 2.05) is 0 Å². The van der Waals surface area contributed by atoms with E-state index in [2.05, 4.69) is 28.8 Å². The van der Waals surface area contributed by atoms with E-state index in [1.54, 1.807) is 0 Å². The Hall–Kier alpha value is 0.0969. The highest BCUT2D eigenvalue weighted by atomic mass is 28.4. The van der Waals surface area contributed by atoms with Crippen LogP contribution in [0.5, 0.6) is 0 Å². The first-order valence-electron chi connectivity index (χ1n) is 11.5. The lowest BCUT2D eigenvalue weighted by Gasteiger charge is -2.46. The van der Waals surface area contributed by atoms with Crippen LogP contribution >= 0.6 is 0 Å². The van der Waals surface area contributed by atoms with Crippen LogP contribution in [0.4, 0.5) is 0 Å². The fourth-order valence-electron chi connectivity index (χ4n) is 5.33. The molecule has 0 atom stereocenters. The SMILES string of the molecule is CC(C)[Si](NC1CCCCC1)(NC1CCCCC1)NC1CCCCC1. The minimum atomic E-state index is -1.89. The maximum Gasteiger partial charge on any atom is 0.284 e. The summed E-state index contributed by atoms with van der Waals surface area (Å²) in [5.74, 6) is 0. The highest BCUT2D eigenvalue weighted by Crippen LogP contribution is 2.27. The zero-order valence-corrected chi connectivity index (χ0v) is 17.9. The maximum absolute atomic E-state index is 4.28. The Labute approximate surface area is 157 Å². The lowest BCUT2D eigenvalue weighted by Crippen LogP contribution is -2.79. The summed E-state index contributed by atoms with van der Waals surface area (Å²) in [6.45, 7) is 4.93. The molecule has 3 nitrogen and oxygen atoms in total. The summed E-state index contributed by atoms with van der Waals surface area (Å²) >= 11 is 0. The summed E-state index contributed by atoms with van der Waals surface area (Å²) in [5, 5.41) is 0. The summed E-state index contributed by atoms with van der Waals surface area (Å²) in [6, 6.07) is 2.24. The summed E-state index contributed by atoms with van der Waals surface area (Å²) < 4.78 is 0. The average molecular weight is 366 g/mol. The van der Waals surface area contributed by atoms with Crippen LogP contribution < -0.4 is 14.9 Å². The van der Waals surface area contributed by atoms with E-state index in [0.29, 0.717) is 5.54 Å². The third-order valence-electron chi connectivity index (χ3n) is 6.98. The van der Waals surface area contributed by atoms with Crippen molar-refractivity contribution < 1.29 is 0 Å². The first-order valence-corrected chi connectivity index (χ1v) is 13.6. The monoisotopic (exact) mass is 365 g/mol. The first-order chi connectivity index (χ1) is 12.2. The van der Waals surface area contributed by atoms with Crippen LogP contribution in [0.1, 0.15) is 110 Å². The lowest BCUT2D eigenvalue weighted by atomic mass is 9.96. The van der Waals surface area contributed by atoms with E-state index in [1.165, 1.54) is 96.3 Å². The standard InChI is InChI=1S/C21H43N3Si/c1-18(2)25(22-19-12-6-3-7-13-19,23-20-14-8-4-9-15-20)24-21-16-10-5-11-17-21/h18-24H,3-17H2,1-2H3. The molecule has 4 heteroatoms. The van der Waals surface area contributed by atoms with Crippen molar-refractivity contribution in [2.45, 2.75) is 134 Å². The molecule has 0 heterocycles. The van der Waals surface area contributed by atoms with Gasteiger partial charge in [0.25, 0.3) is 8.56 Å². The number of hydrogen-bond donors (Lipinski definition) is 3. The zero-order chi connectivity index (χ0) is 17.5. The second-order valence-electron chi connectivity index (χ2n) is 9.40. The van der Waals surface area contributed by atoms with Gasteiger partial charge in [-0.2, -0.15) is 0 Å². The first kappa shape index (κ1) is 19.8. The van der Waals surface area contributed by atoms with Gasteiger partial charge in [-0.25, -0.2) is 0 Å². The zero-order valence-electron chi connectivity index (χ0n) is 16.9. The summed E-state index contributed by atoms with van der Waals surface area (Å²) in [7, 11) is -1.89. The molecule has 0 aliphatic heterocycles. The molecule has 3 N–H and O–H groups in total. The van der Waals surface area contributed by atoms with Crippen molar-refractivity contribution in [1.29, 1.82) is 0 Å². The van der Waals surface area contributed by atoms with Gasteiger partial charge in [0.2, 0.25) is 0 Å². The molecule has 0 unspecified atom stereocenters. The molecule has 0 spiro atoms. The van der Waals surface area contributed by atoms with Gasteiger partial charge >= 0.3 is 0 Å². The van der Waals surface area contributed by atoms with Gasteiger partial charge in [-0.05, 0) is 44.1 Å². The average Bonchev–Trinajstić information content (AvgIpc) is 2.64. The highest BCUT2D eigenvalue weighted by Gasteiger charge is 2.43. The van der Waals surface area contributed by atoms with E-state index in [9.17, 15) is 0 Å². The van der Waals surface area contributed by atoms with E-state index in [4.69, 9.17) is 0 Å².